The number of hydrogen-bond donors (Lipinski definition) is 16. The summed E-state index contributed by atoms with van der Waals surface area (Å²) >= 11 is 0. The fourth-order valence-electron chi connectivity index (χ4n) is 20.9. The van der Waals surface area contributed by atoms with Gasteiger partial charge in [0.2, 0.25) is 23.6 Å². The van der Waals surface area contributed by atoms with Crippen molar-refractivity contribution >= 4 is 122 Å². The molecule has 1 aromatic heterocycles. The number of piperidine rings is 1. The van der Waals surface area contributed by atoms with Crippen LogP contribution in [0.15, 0.2) is 109 Å². The fraction of sp³-hybridized carbons (Fsp3) is 0.528. The van der Waals surface area contributed by atoms with Gasteiger partial charge in [-0.2, -0.15) is 0 Å². The van der Waals surface area contributed by atoms with Gasteiger partial charge in [0, 0.05) is 158 Å². The van der Waals surface area contributed by atoms with Crippen LogP contribution in [0.2, 0.25) is 0 Å². The minimum absolute atomic E-state index is 0.00403. The first kappa shape index (κ1) is 95.1. The number of H-pyrrole nitrogens is 1. The number of nitrogens with two attached hydrogens (primary N) is 1. The number of benzene rings is 4. The second-order valence-electron chi connectivity index (χ2n) is 34.8. The summed E-state index contributed by atoms with van der Waals surface area (Å²) in [5.41, 5.74) is 5.17. The van der Waals surface area contributed by atoms with Crippen LogP contribution in [0, 0.1) is 23.2 Å². The average molecular weight is 1800 g/mol. The van der Waals surface area contributed by atoms with E-state index < -0.39 is 222 Å². The molecule has 7 aliphatic rings. The minimum Gasteiger partial charge on any atom is -0.496 e. The molecule has 127 heavy (non-hydrogen) atoms. The number of amides is 7. The predicted molar refractivity (Wildman–Crippen MR) is 464 cm³/mol. The first-order chi connectivity index (χ1) is 60.5. The van der Waals surface area contributed by atoms with Gasteiger partial charge in [0.25, 0.3) is 6.47 Å². The molecule has 18 atom stereocenters. The molecule has 1 spiro atoms. The number of alkyl carbamates (subject to hydrolysis) is 1. The van der Waals surface area contributed by atoms with Crippen molar-refractivity contribution in [2.45, 2.75) is 193 Å². The number of rotatable bonds is 44. The number of aromatic amines is 1. The molecular formula is C89H112N12O24S2. The maximum absolute atomic E-state index is 15.6. The van der Waals surface area contributed by atoms with Crippen LogP contribution in [0.4, 0.5) is 15.3 Å². The van der Waals surface area contributed by atoms with Gasteiger partial charge in [0.15, 0.2) is 29.2 Å². The highest BCUT2D eigenvalue weighted by molar-refractivity contribution is 8.76. The number of ether oxygens (including phenoxy) is 3. The molecule has 7 amide bonds. The van der Waals surface area contributed by atoms with Crippen LogP contribution in [0.5, 0.6) is 5.75 Å². The summed E-state index contributed by atoms with van der Waals surface area (Å²) in [6.07, 6.45) is -2.28. The molecule has 2 saturated heterocycles. The summed E-state index contributed by atoms with van der Waals surface area (Å²) in [6, 6.07) is 20.5. The fourth-order valence-corrected chi connectivity index (χ4v) is 23.1. The zero-order valence-corrected chi connectivity index (χ0v) is 72.9. The van der Waals surface area contributed by atoms with Gasteiger partial charge < -0.3 is 103 Å². The van der Waals surface area contributed by atoms with Crippen molar-refractivity contribution in [3.05, 3.63) is 143 Å². The molecular weight excluding hydrogens is 1690 g/mol. The van der Waals surface area contributed by atoms with Crippen molar-refractivity contribution in [2.75, 3.05) is 83.0 Å². The number of anilines is 1. The van der Waals surface area contributed by atoms with Crippen LogP contribution in [0.25, 0.3) is 10.9 Å². The zero-order valence-electron chi connectivity index (χ0n) is 71.3. The van der Waals surface area contributed by atoms with Crippen LogP contribution >= 0.6 is 21.6 Å². The molecule has 5 aromatic rings. The first-order valence-corrected chi connectivity index (χ1v) is 45.1. The van der Waals surface area contributed by atoms with Crippen molar-refractivity contribution in [2.24, 2.45) is 28.9 Å². The summed E-state index contributed by atoms with van der Waals surface area (Å²) in [6.45, 7) is 6.59. The Hall–Kier alpha value is -11.0. The number of aliphatic carboxylic acids is 4. The maximum atomic E-state index is 15.6. The Morgan fingerprint density at radius 1 is 0.717 bits per heavy atom. The number of carboxylic acids is 4. The maximum Gasteiger partial charge on any atom is 0.407 e. The number of carboxylic acid groups (broad SMARTS) is 4. The van der Waals surface area contributed by atoms with Crippen molar-refractivity contribution in [1.29, 1.82) is 0 Å². The van der Waals surface area contributed by atoms with Crippen LogP contribution in [0.3, 0.4) is 0 Å². The number of nitrogens with one attached hydrogen (secondary N) is 8. The zero-order chi connectivity index (χ0) is 91.7. The highest BCUT2D eigenvalue weighted by Gasteiger charge is 2.83. The van der Waals surface area contributed by atoms with Crippen LogP contribution in [-0.2, 0) is 97.1 Å². The number of likely N-dealkylation sites (N-methyl/N-ethyl adjacent to an activating group) is 1. The molecule has 8 bridgehead atoms. The average Bonchev–Trinajstić information content (AvgIpc) is 1.46. The number of ketones is 3. The summed E-state index contributed by atoms with van der Waals surface area (Å²) in [7, 11) is 5.52. The third-order valence-electron chi connectivity index (χ3n) is 26.8. The Morgan fingerprint density at radius 3 is 2.09 bits per heavy atom. The topological polar surface area (TPSA) is 544 Å². The largest absolute Gasteiger partial charge is 0.496 e. The summed E-state index contributed by atoms with van der Waals surface area (Å²) in [5, 5.41) is 98.1. The van der Waals surface area contributed by atoms with Gasteiger partial charge in [-0.15, -0.1) is 0 Å². The van der Waals surface area contributed by atoms with Crippen molar-refractivity contribution in [1.82, 2.24) is 52.0 Å². The lowest BCUT2D eigenvalue weighted by Gasteiger charge is -2.64. The number of para-hydroxylation sites is 1. The van der Waals surface area contributed by atoms with Crippen molar-refractivity contribution in [3.63, 3.8) is 0 Å². The SMILES string of the molecule is CC[C@@]12C=CCN3[C@@H]1[C@@]14CC3(C)[C@]3(O)CC5CN(CCc6c([nH]c7ccccc67)[C@](C)(C5)c5cc1c(cc5OC)N(C)C4[C@@](O)(C(=O)CNC(=O)OCCSSC[C@@H](CC(=O)[C@H](CC(=O)O)NC(=O)[C@@H](N)CNC(=O)[C@@H](CC(=O)[C@H](Cc1ccccc1)NC(=O)CCNC(=O)CC[C@H](NC(=O)N[C@@H](CCC(=O)O)OC=O)C(=O)O)Cc1ccccc1)C(=O)O)[C@@H]2O)C3. The van der Waals surface area contributed by atoms with Crippen LogP contribution in [0.1, 0.15) is 131 Å². The quantitative estimate of drug-likeness (QED) is 0.00875. The van der Waals surface area contributed by atoms with E-state index in [4.69, 9.17) is 20.3 Å². The predicted octanol–water partition coefficient (Wildman–Crippen LogP) is 3.14. The number of urea groups is 1. The molecule has 3 fully saturated rings. The Bertz CT molecular complexity index is 5030. The van der Waals surface area contributed by atoms with Gasteiger partial charge in [0.05, 0.1) is 56.1 Å². The molecule has 4 aromatic carbocycles. The van der Waals surface area contributed by atoms with Gasteiger partial charge in [0.1, 0.15) is 30.5 Å². The molecule has 17 N–H and O–H groups in total. The number of aliphatic hydroxyl groups is 3. The molecule has 5 aliphatic heterocycles. The number of fused-ring (bicyclic) bond motifs is 12. The Labute approximate surface area is 740 Å². The molecule has 2 aliphatic carbocycles. The van der Waals surface area contributed by atoms with Crippen molar-refractivity contribution < 1.29 is 117 Å². The summed E-state index contributed by atoms with van der Waals surface area (Å²) in [5.74, 6) is -13.7. The lowest BCUT2D eigenvalue weighted by Crippen LogP contribution is -2.81. The lowest BCUT2D eigenvalue weighted by atomic mass is 9.47. The first-order valence-electron chi connectivity index (χ1n) is 42.6. The number of Topliss-reactive ketones (excluding diaryl/α,β-unsaturated/α-hetero) is 3. The third kappa shape index (κ3) is 20.0. The molecule has 4 unspecified atom stereocenters. The Kier molecular flexibility index (Phi) is 30.0. The molecule has 12 rings (SSSR count). The molecule has 36 nitrogen and oxygen atoms in total. The monoisotopic (exact) mass is 1800 g/mol. The van der Waals surface area contributed by atoms with Crippen LogP contribution in [-0.4, -0.2) is 277 Å². The summed E-state index contributed by atoms with van der Waals surface area (Å²) < 4.78 is 16.6. The summed E-state index contributed by atoms with van der Waals surface area (Å²) in [4.78, 5) is 194. The van der Waals surface area contributed by atoms with Gasteiger partial charge in [-0.25, -0.2) is 14.4 Å². The molecule has 684 valence electrons. The highest BCUT2D eigenvalue weighted by atomic mass is 33.1. The molecule has 1 saturated carbocycles. The van der Waals surface area contributed by atoms with Gasteiger partial charge in [-0.05, 0) is 106 Å². The van der Waals surface area contributed by atoms with E-state index in [1.54, 1.807) is 67.8 Å². The number of nitrogens with zero attached hydrogens (tertiary/aromatic N) is 3. The van der Waals surface area contributed by atoms with E-state index in [2.05, 4.69) is 94.9 Å². The third-order valence-corrected chi connectivity index (χ3v) is 29.3. The number of hydrogen-bond acceptors (Lipinski definition) is 26. The van der Waals surface area contributed by atoms with Gasteiger partial charge in [-0.3, -0.25) is 62.5 Å². The number of methoxy groups -OCH3 is 1. The van der Waals surface area contributed by atoms with E-state index in [1.807, 2.05) is 43.2 Å². The standard InChI is InChI=1S/C89H112N12O24S2/c1-6-86-28-15-30-101-79(86)88-47-85(101,3)87(121)42-52-41-84(2,74-56(27-31-100(45-52)48-87)55-20-13-14-21-60(55)95-74)58-38-57(88)64(40-67(58)123-5)99(4)80(88)89(122,81(86)118)68(105)44-93-83(120)124-32-33-126-127-46-54(77(114)115)37-66(104)63(39-73(110)111)96-76(113)59(90)43-92-75(112)53(34-50-16-9-7-10-17-50)36-65(103)62(35-51-18-11-8-12-19-51)94-70(107)26-29-91-69(106)23-22-61(78(116)117)97-82(119)98-71(125-49-102)24-25-72(108)109/h7-21,28,38,40,49,52-54,59,61-63,71,79-81,95,118,121-122H,6,22-27,29-37,39,41-48,90H2,1-5H3,(H,91,106)(H,92,112)(H,93,120)(H,94,107)(H,96,113)(H,108,109)(H,110,111)(H,114,115)(H,116,117)(H2,97,98,119)/t52?,53-,54-,59+,61+,62+,63+,71-,79+,80?,81-,84-,85?,86-,87+,88-,89+/m1/s1. The van der Waals surface area contributed by atoms with E-state index in [-0.39, 0.29) is 69.2 Å². The highest BCUT2D eigenvalue weighted by Crippen LogP contribution is 2.72. The van der Waals surface area contributed by atoms with E-state index in [0.29, 0.717) is 61.5 Å². The van der Waals surface area contributed by atoms with Gasteiger partial charge in [-0.1, -0.05) is 120 Å². The van der Waals surface area contributed by atoms with E-state index >= 15 is 4.79 Å². The number of aliphatic hydroxyl groups excluding tert-OH is 1. The lowest BCUT2D eigenvalue weighted by molar-refractivity contribution is -0.206. The van der Waals surface area contributed by atoms with E-state index in [0.717, 1.165) is 62.3 Å². The Morgan fingerprint density at radius 2 is 1.41 bits per heavy atom. The number of aromatic nitrogens is 1. The number of carbonyl (C=O) groups excluding carboxylic acids is 10. The van der Waals surface area contributed by atoms with Crippen molar-refractivity contribution in [3.8, 4) is 5.75 Å². The molecule has 6 heterocycles. The second-order valence-corrected chi connectivity index (χ2v) is 37.4. The van der Waals surface area contributed by atoms with E-state index in [9.17, 15) is 93.0 Å². The van der Waals surface area contributed by atoms with Crippen LogP contribution < -0.4 is 52.6 Å². The minimum atomic E-state index is -2.58. The normalized spacial score (nSPS) is 26.1. The molecule has 38 heteroatoms. The Balaban J connectivity index is 0.638. The number of carbonyl (C=O) groups is 14. The molecule has 0 radical (unpaired) electrons. The second kappa shape index (κ2) is 40.1. The van der Waals surface area contributed by atoms with Gasteiger partial charge >= 0.3 is 36.0 Å². The smallest absolute Gasteiger partial charge is 0.407 e. The van der Waals surface area contributed by atoms with E-state index in [1.165, 1.54) is 5.56 Å².